The Balaban J connectivity index is 2.79. The highest BCUT2D eigenvalue weighted by Gasteiger charge is 1.90. The molecule has 1 aromatic rings. The van der Waals surface area contributed by atoms with Gasteiger partial charge in [0.25, 0.3) is 0 Å². The van der Waals surface area contributed by atoms with Crippen molar-refractivity contribution in [1.29, 1.82) is 0 Å². The van der Waals surface area contributed by atoms with Crippen LogP contribution in [0.25, 0.3) is 6.08 Å². The third kappa shape index (κ3) is 2.67. The van der Waals surface area contributed by atoms with E-state index in [1.54, 1.807) is 6.07 Å². The Bertz CT molecular complexity index is 268. The second-order valence-corrected chi connectivity index (χ2v) is 2.74. The third-order valence-electron chi connectivity index (χ3n) is 1.50. The average molecular weight is 185 g/mol. The largest absolute Gasteiger partial charge is 0.246 e. The number of allylic oxidation sites excluding steroid dienone is 1. The van der Waals surface area contributed by atoms with Crippen molar-refractivity contribution in [3.63, 3.8) is 0 Å². The van der Waals surface area contributed by atoms with Gasteiger partial charge in [-0.1, -0.05) is 30.4 Å². The van der Waals surface area contributed by atoms with E-state index in [1.807, 2.05) is 30.4 Å². The van der Waals surface area contributed by atoms with Crippen LogP contribution in [-0.2, 0) is 6.67 Å². The van der Waals surface area contributed by atoms with Gasteiger partial charge in [0.2, 0.25) is 0 Å². The fourth-order valence-electron chi connectivity index (χ4n) is 0.961. The van der Waals surface area contributed by atoms with Crippen molar-refractivity contribution in [2.75, 3.05) is 5.88 Å². The maximum absolute atomic E-state index is 12.2. The molecule has 0 unspecified atom stereocenters. The molecule has 0 radical (unpaired) electrons. The SMILES string of the molecule is FCc1cccc(/C=C/CCl)c1. The minimum atomic E-state index is -0.414. The summed E-state index contributed by atoms with van der Waals surface area (Å²) in [5.74, 6) is 0.486. The van der Waals surface area contributed by atoms with E-state index in [9.17, 15) is 4.39 Å². The molecule has 0 aliphatic rings. The van der Waals surface area contributed by atoms with Crippen LogP contribution in [0.3, 0.4) is 0 Å². The van der Waals surface area contributed by atoms with Gasteiger partial charge in [-0.3, -0.25) is 0 Å². The summed E-state index contributed by atoms with van der Waals surface area (Å²) in [6.07, 6.45) is 3.71. The van der Waals surface area contributed by atoms with Gasteiger partial charge in [-0.2, -0.15) is 0 Å². The van der Waals surface area contributed by atoms with Crippen molar-refractivity contribution in [3.8, 4) is 0 Å². The first-order valence-corrected chi connectivity index (χ1v) is 4.27. The Hall–Kier alpha value is -0.820. The van der Waals surface area contributed by atoms with Crippen molar-refractivity contribution < 1.29 is 4.39 Å². The molecule has 0 saturated carbocycles. The topological polar surface area (TPSA) is 0 Å². The lowest BCUT2D eigenvalue weighted by Crippen LogP contribution is -1.79. The van der Waals surface area contributed by atoms with Crippen molar-refractivity contribution >= 4 is 17.7 Å². The van der Waals surface area contributed by atoms with Crippen LogP contribution in [0.1, 0.15) is 11.1 Å². The molecule has 1 aromatic carbocycles. The minimum Gasteiger partial charge on any atom is -0.246 e. The van der Waals surface area contributed by atoms with Crippen LogP contribution in [0.15, 0.2) is 30.3 Å². The van der Waals surface area contributed by atoms with Crippen LogP contribution in [-0.4, -0.2) is 5.88 Å². The Kier molecular flexibility index (Phi) is 3.81. The summed E-state index contributed by atoms with van der Waals surface area (Å²) >= 11 is 5.46. The van der Waals surface area contributed by atoms with Gasteiger partial charge >= 0.3 is 0 Å². The summed E-state index contributed by atoms with van der Waals surface area (Å²) in [5, 5.41) is 0. The first-order chi connectivity index (χ1) is 5.86. The average Bonchev–Trinajstić information content (AvgIpc) is 2.15. The van der Waals surface area contributed by atoms with Crippen molar-refractivity contribution in [2.24, 2.45) is 0 Å². The molecule has 0 heterocycles. The Morgan fingerprint density at radius 2 is 2.25 bits per heavy atom. The zero-order valence-corrected chi connectivity index (χ0v) is 7.39. The molecule has 0 aliphatic carbocycles. The van der Waals surface area contributed by atoms with Gasteiger partial charge in [0.1, 0.15) is 6.67 Å². The summed E-state index contributed by atoms with van der Waals surface area (Å²) < 4.78 is 12.2. The van der Waals surface area contributed by atoms with Crippen LogP contribution in [0, 0.1) is 0 Å². The lowest BCUT2D eigenvalue weighted by molar-refractivity contribution is 0.485. The van der Waals surface area contributed by atoms with Crippen LogP contribution in [0.4, 0.5) is 4.39 Å². The molecule has 0 saturated heterocycles. The first-order valence-electron chi connectivity index (χ1n) is 3.74. The van der Waals surface area contributed by atoms with Gasteiger partial charge in [0.15, 0.2) is 0 Å². The molecular weight excluding hydrogens is 175 g/mol. The number of rotatable bonds is 3. The summed E-state index contributed by atoms with van der Waals surface area (Å²) in [7, 11) is 0. The van der Waals surface area contributed by atoms with E-state index >= 15 is 0 Å². The second-order valence-electron chi connectivity index (χ2n) is 2.44. The van der Waals surface area contributed by atoms with Gasteiger partial charge < -0.3 is 0 Å². The molecule has 0 N–H and O–H groups in total. The number of alkyl halides is 2. The zero-order chi connectivity index (χ0) is 8.81. The van der Waals surface area contributed by atoms with Gasteiger partial charge in [-0.15, -0.1) is 11.6 Å². The molecule has 2 heteroatoms. The molecule has 0 spiro atoms. The Morgan fingerprint density at radius 3 is 2.92 bits per heavy atom. The highest BCUT2D eigenvalue weighted by atomic mass is 35.5. The predicted octanol–water partition coefficient (Wildman–Crippen LogP) is 3.41. The fraction of sp³-hybridized carbons (Fsp3) is 0.200. The molecule has 0 aromatic heterocycles. The van der Waals surface area contributed by atoms with E-state index < -0.39 is 6.67 Å². The third-order valence-corrected chi connectivity index (χ3v) is 1.68. The van der Waals surface area contributed by atoms with Crippen molar-refractivity contribution in [1.82, 2.24) is 0 Å². The first kappa shape index (κ1) is 9.27. The molecule has 12 heavy (non-hydrogen) atoms. The maximum atomic E-state index is 12.2. The zero-order valence-electron chi connectivity index (χ0n) is 6.63. The monoisotopic (exact) mass is 184 g/mol. The summed E-state index contributed by atoms with van der Waals surface area (Å²) in [6.45, 7) is -0.414. The van der Waals surface area contributed by atoms with Crippen molar-refractivity contribution in [2.45, 2.75) is 6.67 Å². The molecule has 0 nitrogen and oxygen atoms in total. The summed E-state index contributed by atoms with van der Waals surface area (Å²) in [4.78, 5) is 0. The van der Waals surface area contributed by atoms with E-state index in [1.165, 1.54) is 0 Å². The summed E-state index contributed by atoms with van der Waals surface area (Å²) in [6, 6.07) is 7.33. The minimum absolute atomic E-state index is 0.414. The molecule has 0 fully saturated rings. The van der Waals surface area contributed by atoms with E-state index in [2.05, 4.69) is 0 Å². The molecule has 0 bridgehead atoms. The molecular formula is C10H10ClF. The van der Waals surface area contributed by atoms with Crippen LogP contribution in [0.5, 0.6) is 0 Å². The molecule has 0 aliphatic heterocycles. The second kappa shape index (κ2) is 4.94. The maximum Gasteiger partial charge on any atom is 0.115 e. The number of hydrogen-bond donors (Lipinski definition) is 0. The smallest absolute Gasteiger partial charge is 0.115 e. The highest BCUT2D eigenvalue weighted by molar-refractivity contribution is 6.19. The fourth-order valence-corrected chi connectivity index (χ4v) is 1.05. The van der Waals surface area contributed by atoms with Gasteiger partial charge in [0.05, 0.1) is 0 Å². The van der Waals surface area contributed by atoms with Gasteiger partial charge in [-0.25, -0.2) is 4.39 Å². The number of halogens is 2. The van der Waals surface area contributed by atoms with Gasteiger partial charge in [-0.05, 0) is 17.2 Å². The Labute approximate surface area is 76.7 Å². The van der Waals surface area contributed by atoms with E-state index in [0.29, 0.717) is 11.4 Å². The van der Waals surface area contributed by atoms with E-state index in [4.69, 9.17) is 11.6 Å². The van der Waals surface area contributed by atoms with Crippen LogP contribution < -0.4 is 0 Å². The number of benzene rings is 1. The molecule has 1 rings (SSSR count). The van der Waals surface area contributed by atoms with Crippen molar-refractivity contribution in [3.05, 3.63) is 41.5 Å². The quantitative estimate of drug-likeness (QED) is 0.632. The van der Waals surface area contributed by atoms with E-state index in [0.717, 1.165) is 5.56 Å². The lowest BCUT2D eigenvalue weighted by atomic mass is 10.1. The van der Waals surface area contributed by atoms with E-state index in [-0.39, 0.29) is 0 Å². The highest BCUT2D eigenvalue weighted by Crippen LogP contribution is 2.08. The normalized spacial score (nSPS) is 10.8. The van der Waals surface area contributed by atoms with Crippen LogP contribution >= 0.6 is 11.6 Å². The lowest BCUT2D eigenvalue weighted by Gasteiger charge is -1.95. The summed E-state index contributed by atoms with van der Waals surface area (Å²) in [5.41, 5.74) is 1.69. The predicted molar refractivity (Wildman–Crippen MR) is 51.0 cm³/mol. The Morgan fingerprint density at radius 1 is 1.42 bits per heavy atom. The standard InChI is InChI=1S/C10H10ClF/c11-6-2-5-9-3-1-4-10(7-9)8-12/h1-5,7H,6,8H2/b5-2+. The van der Waals surface area contributed by atoms with Crippen LogP contribution in [0.2, 0.25) is 0 Å². The van der Waals surface area contributed by atoms with Gasteiger partial charge in [0, 0.05) is 5.88 Å². The molecule has 0 amide bonds. The molecule has 64 valence electrons. The number of hydrogen-bond acceptors (Lipinski definition) is 0. The molecule has 0 atom stereocenters.